The summed E-state index contributed by atoms with van der Waals surface area (Å²) in [6.07, 6.45) is 0.974. The number of nitro groups is 1. The van der Waals surface area contributed by atoms with Crippen LogP contribution >= 0.6 is 0 Å². The average molecular weight is 527 g/mol. The van der Waals surface area contributed by atoms with Gasteiger partial charge in [0.05, 0.1) is 16.6 Å². The van der Waals surface area contributed by atoms with E-state index in [0.717, 1.165) is 11.6 Å². The molecule has 0 spiro atoms. The summed E-state index contributed by atoms with van der Waals surface area (Å²) in [5.41, 5.74) is -2.72. The van der Waals surface area contributed by atoms with Crippen molar-refractivity contribution in [1.29, 1.82) is 0 Å². The highest BCUT2D eigenvalue weighted by Crippen LogP contribution is 2.44. The second-order valence-corrected chi connectivity index (χ2v) is 9.30. The Kier molecular flexibility index (Phi) is 6.76. The number of non-ortho nitro benzene ring substituents is 1. The molecule has 0 radical (unpaired) electrons. The third-order valence-electron chi connectivity index (χ3n) is 6.89. The predicted molar refractivity (Wildman–Crippen MR) is 135 cm³/mol. The number of hydrogen-bond acceptors (Lipinski definition) is 7. The number of aliphatic hydroxyl groups is 1. The number of nitrogens with zero attached hydrogens (tertiary/aromatic N) is 6. The first-order valence-electron chi connectivity index (χ1n) is 12.0. The van der Waals surface area contributed by atoms with Crippen molar-refractivity contribution in [1.82, 2.24) is 19.4 Å². The lowest BCUT2D eigenvalue weighted by molar-refractivity contribution is -0.384. The fraction of sp³-hybridized carbons (Fsp3) is 0.308. The predicted octanol–water partition coefficient (Wildman–Crippen LogP) is 3.96. The summed E-state index contributed by atoms with van der Waals surface area (Å²) in [5.74, 6) is 0.642. The standard InChI is InChI=1S/C26H25F3N6O3/c27-26(28,29)25(36,18-32-10-12-33(13-11-32)24-15-30-8-9-31-24)22-17-34(16-19-4-2-1-3-5-19)23-14-20(35(37)38)6-7-21(22)23/h1-9,14-15,17,36H,10-13,16,18H2. The summed E-state index contributed by atoms with van der Waals surface area (Å²) in [7, 11) is 0. The van der Waals surface area contributed by atoms with Gasteiger partial charge in [0.1, 0.15) is 5.82 Å². The van der Waals surface area contributed by atoms with E-state index in [1.807, 2.05) is 23.1 Å². The molecule has 1 fully saturated rings. The van der Waals surface area contributed by atoms with Gasteiger partial charge in [0.15, 0.2) is 0 Å². The van der Waals surface area contributed by atoms with Gasteiger partial charge >= 0.3 is 6.18 Å². The molecule has 4 aromatic rings. The largest absolute Gasteiger partial charge is 0.422 e. The number of aromatic nitrogens is 3. The van der Waals surface area contributed by atoms with E-state index in [9.17, 15) is 28.4 Å². The van der Waals surface area contributed by atoms with Crippen molar-refractivity contribution in [3.8, 4) is 0 Å². The smallest absolute Gasteiger partial charge is 0.375 e. The van der Waals surface area contributed by atoms with Crippen LogP contribution < -0.4 is 4.90 Å². The van der Waals surface area contributed by atoms with Crippen LogP contribution in [0, 0.1) is 10.1 Å². The fourth-order valence-electron chi connectivity index (χ4n) is 4.88. The maximum atomic E-state index is 14.6. The SMILES string of the molecule is O=[N+]([O-])c1ccc2c(C(O)(CN3CCN(c4cnccn4)CC3)C(F)(F)F)cn(Cc3ccccc3)c2c1. The number of fused-ring (bicyclic) bond motifs is 1. The number of nitro benzene ring substituents is 1. The lowest BCUT2D eigenvalue weighted by Crippen LogP contribution is -2.55. The zero-order valence-electron chi connectivity index (χ0n) is 20.3. The van der Waals surface area contributed by atoms with Crippen LogP contribution in [0.2, 0.25) is 0 Å². The maximum absolute atomic E-state index is 14.6. The molecule has 1 aliphatic heterocycles. The zero-order valence-corrected chi connectivity index (χ0v) is 20.3. The molecule has 1 aliphatic rings. The number of hydrogen-bond donors (Lipinski definition) is 1. The third kappa shape index (κ3) is 4.92. The van der Waals surface area contributed by atoms with Crippen LogP contribution in [0.25, 0.3) is 10.9 Å². The highest BCUT2D eigenvalue weighted by Gasteiger charge is 2.57. The second kappa shape index (κ2) is 10.0. The van der Waals surface area contributed by atoms with E-state index in [1.54, 1.807) is 35.6 Å². The molecular weight excluding hydrogens is 501 g/mol. The molecular formula is C26H25F3N6O3. The molecule has 3 heterocycles. The first-order valence-corrected chi connectivity index (χ1v) is 12.0. The van der Waals surface area contributed by atoms with Crippen molar-refractivity contribution < 1.29 is 23.2 Å². The summed E-state index contributed by atoms with van der Waals surface area (Å²) < 4.78 is 45.4. The molecule has 1 N–H and O–H groups in total. The van der Waals surface area contributed by atoms with Gasteiger partial charge in [-0.25, -0.2) is 4.98 Å². The van der Waals surface area contributed by atoms with Crippen LogP contribution in [-0.4, -0.2) is 68.4 Å². The Morgan fingerprint density at radius 2 is 1.76 bits per heavy atom. The maximum Gasteiger partial charge on any atom is 0.422 e. The molecule has 198 valence electrons. The Balaban J connectivity index is 1.50. The van der Waals surface area contributed by atoms with Gasteiger partial charge in [-0.15, -0.1) is 0 Å². The number of rotatable bonds is 7. The topological polar surface area (TPSA) is 101 Å². The zero-order chi connectivity index (χ0) is 26.9. The second-order valence-electron chi connectivity index (χ2n) is 9.30. The molecule has 2 aromatic carbocycles. The number of benzene rings is 2. The van der Waals surface area contributed by atoms with E-state index in [0.29, 0.717) is 18.9 Å². The molecule has 12 heteroatoms. The number of β-amino-alcohol motifs (C(OH)–C–C–N with tert-alkyl or cyclic N) is 1. The summed E-state index contributed by atoms with van der Waals surface area (Å²) in [6.45, 7) is 0.921. The van der Waals surface area contributed by atoms with Crippen LogP contribution in [0.1, 0.15) is 11.1 Å². The van der Waals surface area contributed by atoms with E-state index in [-0.39, 0.29) is 41.8 Å². The van der Waals surface area contributed by atoms with E-state index >= 15 is 0 Å². The highest BCUT2D eigenvalue weighted by molar-refractivity contribution is 5.87. The summed E-state index contributed by atoms with van der Waals surface area (Å²) in [4.78, 5) is 22.6. The minimum absolute atomic E-state index is 0.115. The quantitative estimate of drug-likeness (QED) is 0.287. The Labute approximate surface area is 215 Å². The Morgan fingerprint density at radius 1 is 1.03 bits per heavy atom. The fourth-order valence-corrected chi connectivity index (χ4v) is 4.88. The normalized spacial score (nSPS) is 16.5. The summed E-state index contributed by atoms with van der Waals surface area (Å²) in [6, 6.07) is 12.7. The van der Waals surface area contributed by atoms with Gasteiger partial charge in [0.25, 0.3) is 5.69 Å². The minimum atomic E-state index is -5.00. The minimum Gasteiger partial charge on any atom is -0.375 e. The highest BCUT2D eigenvalue weighted by atomic mass is 19.4. The van der Waals surface area contributed by atoms with Gasteiger partial charge in [-0.1, -0.05) is 30.3 Å². The first-order chi connectivity index (χ1) is 18.2. The third-order valence-corrected chi connectivity index (χ3v) is 6.89. The lowest BCUT2D eigenvalue weighted by atomic mass is 9.91. The van der Waals surface area contributed by atoms with Gasteiger partial charge in [-0.3, -0.25) is 20.0 Å². The molecule has 9 nitrogen and oxygen atoms in total. The molecule has 1 unspecified atom stereocenters. The molecule has 0 amide bonds. The Hall–Kier alpha value is -4.03. The van der Waals surface area contributed by atoms with E-state index < -0.39 is 23.2 Å². The van der Waals surface area contributed by atoms with Gasteiger partial charge < -0.3 is 14.6 Å². The van der Waals surface area contributed by atoms with Gasteiger partial charge in [0.2, 0.25) is 5.60 Å². The van der Waals surface area contributed by atoms with Crippen LogP contribution in [0.5, 0.6) is 0 Å². The summed E-state index contributed by atoms with van der Waals surface area (Å²) >= 11 is 0. The first kappa shape index (κ1) is 25.6. The van der Waals surface area contributed by atoms with Gasteiger partial charge in [-0.2, -0.15) is 13.2 Å². The molecule has 0 bridgehead atoms. The molecule has 1 atom stereocenters. The summed E-state index contributed by atoms with van der Waals surface area (Å²) in [5, 5.41) is 22.9. The molecule has 0 saturated carbocycles. The molecule has 0 aliphatic carbocycles. The van der Waals surface area contributed by atoms with Crippen molar-refractivity contribution in [2.45, 2.75) is 18.3 Å². The van der Waals surface area contributed by atoms with Crippen molar-refractivity contribution in [3.63, 3.8) is 0 Å². The number of anilines is 1. The van der Waals surface area contributed by atoms with Crippen LogP contribution in [-0.2, 0) is 12.1 Å². The van der Waals surface area contributed by atoms with Crippen LogP contribution in [0.15, 0.2) is 73.3 Å². The van der Waals surface area contributed by atoms with Crippen molar-refractivity contribution >= 4 is 22.4 Å². The van der Waals surface area contributed by atoms with Crippen molar-refractivity contribution in [2.24, 2.45) is 0 Å². The van der Waals surface area contributed by atoms with Crippen molar-refractivity contribution in [3.05, 3.63) is 94.6 Å². The van der Waals surface area contributed by atoms with E-state index in [4.69, 9.17) is 0 Å². The molecule has 5 rings (SSSR count). The molecule has 1 saturated heterocycles. The Morgan fingerprint density at radius 3 is 2.39 bits per heavy atom. The van der Waals surface area contributed by atoms with E-state index in [1.165, 1.54) is 22.9 Å². The van der Waals surface area contributed by atoms with Gasteiger partial charge in [-0.05, 0) is 11.6 Å². The van der Waals surface area contributed by atoms with Crippen LogP contribution in [0.3, 0.4) is 0 Å². The van der Waals surface area contributed by atoms with E-state index in [2.05, 4.69) is 9.97 Å². The Bertz CT molecular complexity index is 1420. The van der Waals surface area contributed by atoms with Gasteiger partial charge in [0, 0.05) is 80.9 Å². The van der Waals surface area contributed by atoms with Crippen molar-refractivity contribution in [2.75, 3.05) is 37.6 Å². The number of alkyl halides is 3. The molecule has 2 aromatic heterocycles. The average Bonchev–Trinajstić information content (AvgIpc) is 3.27. The number of piperazine rings is 1. The van der Waals surface area contributed by atoms with Crippen LogP contribution in [0.4, 0.5) is 24.7 Å². The molecule has 38 heavy (non-hydrogen) atoms. The monoisotopic (exact) mass is 526 g/mol. The number of halogens is 3. The lowest BCUT2D eigenvalue weighted by Gasteiger charge is -2.40.